The monoisotopic (exact) mass is 311 g/mol. The lowest BCUT2D eigenvalue weighted by atomic mass is 10.0. The zero-order chi connectivity index (χ0) is 16.8. The minimum atomic E-state index is -1.00. The maximum atomic E-state index is 13.6. The number of hydrogen-bond donors (Lipinski definition) is 2. The zero-order valence-electron chi connectivity index (χ0n) is 12.1. The fourth-order valence-electron chi connectivity index (χ4n) is 2.11. The molecule has 1 atom stereocenters. The summed E-state index contributed by atoms with van der Waals surface area (Å²) in [5.74, 6) is -2.14. The Balaban J connectivity index is 2.16. The molecule has 0 aliphatic rings. The number of nitrogens with one attached hydrogen (secondary N) is 1. The van der Waals surface area contributed by atoms with Crippen molar-refractivity contribution in [2.75, 3.05) is 0 Å². The molecule has 0 saturated heterocycles. The molecule has 0 saturated carbocycles. The van der Waals surface area contributed by atoms with Crippen molar-refractivity contribution in [1.29, 1.82) is 5.26 Å². The third kappa shape index (κ3) is 4.14. The van der Waals surface area contributed by atoms with Crippen molar-refractivity contribution in [3.05, 3.63) is 71.0 Å². The van der Waals surface area contributed by atoms with Crippen LogP contribution in [0.2, 0.25) is 0 Å². The van der Waals surface area contributed by atoms with Crippen molar-refractivity contribution < 1.29 is 14.0 Å². The number of nitrogens with zero attached hydrogens (tertiary/aromatic N) is 1. The van der Waals surface area contributed by atoms with Gasteiger partial charge in [0, 0.05) is 6.42 Å². The molecule has 23 heavy (non-hydrogen) atoms. The molecule has 2 amide bonds. The van der Waals surface area contributed by atoms with Crippen LogP contribution in [0.5, 0.6) is 0 Å². The number of rotatable bonds is 5. The fourth-order valence-corrected chi connectivity index (χ4v) is 2.11. The van der Waals surface area contributed by atoms with Crippen LogP contribution >= 0.6 is 0 Å². The van der Waals surface area contributed by atoms with Gasteiger partial charge < -0.3 is 11.1 Å². The standard InChI is InChI=1S/C17H14FN3O2/c18-14-7-2-1-6-13(14)17(23)21-15(16(20)22)9-11-4-3-5-12(8-11)10-19/h1-8,15H,9H2,(H2,20,22)(H,21,23)/t15-/m1/s1. The van der Waals surface area contributed by atoms with Gasteiger partial charge in [0.15, 0.2) is 0 Å². The SMILES string of the molecule is N#Cc1cccc(C[C@@H](NC(=O)c2ccccc2F)C(N)=O)c1. The summed E-state index contributed by atoms with van der Waals surface area (Å²) in [6, 6.07) is 13.1. The first kappa shape index (κ1) is 16.2. The molecule has 0 aromatic heterocycles. The van der Waals surface area contributed by atoms with E-state index >= 15 is 0 Å². The summed E-state index contributed by atoms with van der Waals surface area (Å²) < 4.78 is 13.6. The van der Waals surface area contributed by atoms with Gasteiger partial charge >= 0.3 is 0 Å². The maximum absolute atomic E-state index is 13.6. The first-order valence-electron chi connectivity index (χ1n) is 6.85. The molecule has 0 unspecified atom stereocenters. The molecule has 0 heterocycles. The fraction of sp³-hybridized carbons (Fsp3) is 0.118. The Hall–Kier alpha value is -3.20. The van der Waals surface area contributed by atoms with Crippen LogP contribution in [0.1, 0.15) is 21.5 Å². The van der Waals surface area contributed by atoms with Crippen LogP contribution in [0.4, 0.5) is 4.39 Å². The summed E-state index contributed by atoms with van der Waals surface area (Å²) in [6.07, 6.45) is 0.116. The van der Waals surface area contributed by atoms with E-state index in [1.807, 2.05) is 6.07 Å². The number of benzene rings is 2. The lowest BCUT2D eigenvalue weighted by Crippen LogP contribution is -2.46. The van der Waals surface area contributed by atoms with Gasteiger partial charge in [-0.25, -0.2) is 4.39 Å². The van der Waals surface area contributed by atoms with Gasteiger partial charge in [-0.3, -0.25) is 9.59 Å². The number of carbonyl (C=O) groups is 2. The summed E-state index contributed by atoms with van der Waals surface area (Å²) in [7, 11) is 0. The Bertz CT molecular complexity index is 783. The Labute approximate surface area is 132 Å². The highest BCUT2D eigenvalue weighted by atomic mass is 19.1. The van der Waals surface area contributed by atoms with Crippen molar-refractivity contribution in [3.63, 3.8) is 0 Å². The minimum Gasteiger partial charge on any atom is -0.368 e. The summed E-state index contributed by atoms with van der Waals surface area (Å²) in [5.41, 5.74) is 6.25. The average molecular weight is 311 g/mol. The molecule has 5 nitrogen and oxygen atoms in total. The van der Waals surface area contributed by atoms with Gasteiger partial charge in [0.1, 0.15) is 11.9 Å². The zero-order valence-corrected chi connectivity index (χ0v) is 12.1. The molecule has 116 valence electrons. The number of nitrogens with two attached hydrogens (primary N) is 1. The Morgan fingerprint density at radius 2 is 1.96 bits per heavy atom. The first-order valence-corrected chi connectivity index (χ1v) is 6.85. The molecule has 6 heteroatoms. The van der Waals surface area contributed by atoms with Crippen LogP contribution in [0.25, 0.3) is 0 Å². The molecule has 0 spiro atoms. The third-order valence-electron chi connectivity index (χ3n) is 3.26. The number of halogens is 1. The summed E-state index contributed by atoms with van der Waals surface area (Å²) in [5, 5.41) is 11.3. The molecule has 0 aliphatic heterocycles. The normalized spacial score (nSPS) is 11.3. The van der Waals surface area contributed by atoms with E-state index in [1.165, 1.54) is 18.2 Å². The maximum Gasteiger partial charge on any atom is 0.254 e. The Morgan fingerprint density at radius 1 is 1.22 bits per heavy atom. The van der Waals surface area contributed by atoms with E-state index in [1.54, 1.807) is 24.3 Å². The van der Waals surface area contributed by atoms with E-state index in [0.29, 0.717) is 11.1 Å². The molecule has 0 radical (unpaired) electrons. The lowest BCUT2D eigenvalue weighted by Gasteiger charge is -2.16. The van der Waals surface area contributed by atoms with Crippen molar-refractivity contribution in [1.82, 2.24) is 5.32 Å². The molecule has 2 aromatic carbocycles. The molecule has 0 bridgehead atoms. The second-order valence-electron chi connectivity index (χ2n) is 4.92. The van der Waals surface area contributed by atoms with Crippen LogP contribution in [0.15, 0.2) is 48.5 Å². The van der Waals surface area contributed by atoms with E-state index in [9.17, 15) is 14.0 Å². The van der Waals surface area contributed by atoms with Crippen molar-refractivity contribution in [2.24, 2.45) is 5.73 Å². The Morgan fingerprint density at radius 3 is 2.61 bits per heavy atom. The minimum absolute atomic E-state index is 0.116. The summed E-state index contributed by atoms with van der Waals surface area (Å²) >= 11 is 0. The molecule has 0 fully saturated rings. The largest absolute Gasteiger partial charge is 0.368 e. The van der Waals surface area contributed by atoms with E-state index in [4.69, 9.17) is 11.0 Å². The molecule has 3 N–H and O–H groups in total. The van der Waals surface area contributed by atoms with Crippen LogP contribution in [0, 0.1) is 17.1 Å². The van der Waals surface area contributed by atoms with Crippen LogP contribution in [-0.4, -0.2) is 17.9 Å². The number of carbonyl (C=O) groups excluding carboxylic acids is 2. The number of hydrogen-bond acceptors (Lipinski definition) is 3. The van der Waals surface area contributed by atoms with Gasteiger partial charge in [-0.15, -0.1) is 0 Å². The number of nitriles is 1. The molecular weight excluding hydrogens is 297 g/mol. The van der Waals surface area contributed by atoms with E-state index in [2.05, 4.69) is 5.32 Å². The van der Waals surface area contributed by atoms with Crippen LogP contribution < -0.4 is 11.1 Å². The van der Waals surface area contributed by atoms with Gasteiger partial charge in [0.2, 0.25) is 5.91 Å². The predicted octanol–water partition coefficient (Wildman–Crippen LogP) is 1.52. The molecule has 2 rings (SSSR count). The van der Waals surface area contributed by atoms with Crippen molar-refractivity contribution in [3.8, 4) is 6.07 Å². The number of primary amides is 1. The lowest BCUT2D eigenvalue weighted by molar-refractivity contribution is -0.119. The van der Waals surface area contributed by atoms with Crippen LogP contribution in [-0.2, 0) is 11.2 Å². The van der Waals surface area contributed by atoms with E-state index in [-0.39, 0.29) is 12.0 Å². The highest BCUT2D eigenvalue weighted by Gasteiger charge is 2.21. The topological polar surface area (TPSA) is 96.0 Å². The molecular formula is C17H14FN3O2. The second kappa shape index (κ2) is 7.18. The van der Waals surface area contributed by atoms with Gasteiger partial charge in [0.05, 0.1) is 17.2 Å². The average Bonchev–Trinajstić information content (AvgIpc) is 2.54. The van der Waals surface area contributed by atoms with Gasteiger partial charge in [-0.2, -0.15) is 5.26 Å². The van der Waals surface area contributed by atoms with Gasteiger partial charge in [0.25, 0.3) is 5.91 Å². The van der Waals surface area contributed by atoms with Gasteiger partial charge in [-0.05, 0) is 29.8 Å². The number of amides is 2. The highest BCUT2D eigenvalue weighted by Crippen LogP contribution is 2.10. The van der Waals surface area contributed by atoms with E-state index in [0.717, 1.165) is 6.07 Å². The van der Waals surface area contributed by atoms with Gasteiger partial charge in [-0.1, -0.05) is 24.3 Å². The molecule has 2 aromatic rings. The summed E-state index contributed by atoms with van der Waals surface area (Å²) in [4.78, 5) is 23.6. The third-order valence-corrected chi connectivity index (χ3v) is 3.26. The summed E-state index contributed by atoms with van der Waals surface area (Å²) in [6.45, 7) is 0. The Kier molecular flexibility index (Phi) is 5.05. The quantitative estimate of drug-likeness (QED) is 0.876. The van der Waals surface area contributed by atoms with Crippen LogP contribution in [0.3, 0.4) is 0 Å². The van der Waals surface area contributed by atoms with Crippen molar-refractivity contribution in [2.45, 2.75) is 12.5 Å². The van der Waals surface area contributed by atoms with E-state index < -0.39 is 23.7 Å². The second-order valence-corrected chi connectivity index (χ2v) is 4.92. The first-order chi connectivity index (χ1) is 11.0. The smallest absolute Gasteiger partial charge is 0.254 e. The molecule has 0 aliphatic carbocycles. The van der Waals surface area contributed by atoms with Crippen molar-refractivity contribution >= 4 is 11.8 Å². The highest BCUT2D eigenvalue weighted by molar-refractivity contribution is 5.97. The predicted molar refractivity (Wildman–Crippen MR) is 81.7 cm³/mol.